The Morgan fingerprint density at radius 1 is 1.17 bits per heavy atom. The molecule has 4 nitrogen and oxygen atoms in total. The van der Waals surface area contributed by atoms with Crippen LogP contribution in [0.1, 0.15) is 28.8 Å². The molecule has 1 amide bonds. The predicted molar refractivity (Wildman–Crippen MR) is 85.1 cm³/mol. The first-order valence-corrected chi connectivity index (χ1v) is 8.82. The van der Waals surface area contributed by atoms with Crippen LogP contribution in [0, 0.1) is 30.6 Å². The van der Waals surface area contributed by atoms with E-state index < -0.39 is 12.2 Å². The minimum absolute atomic E-state index is 0.144. The highest BCUT2D eigenvalue weighted by Crippen LogP contribution is 2.64. The Morgan fingerprint density at radius 2 is 1.96 bits per heavy atom. The van der Waals surface area contributed by atoms with Crippen molar-refractivity contribution in [1.29, 1.82) is 0 Å². The monoisotopic (exact) mass is 333 g/mol. The van der Waals surface area contributed by atoms with Gasteiger partial charge in [0.25, 0.3) is 5.91 Å². The number of halogens is 1. The van der Waals surface area contributed by atoms with Crippen LogP contribution in [-0.4, -0.2) is 45.3 Å². The van der Waals surface area contributed by atoms with Gasteiger partial charge in [-0.15, -0.1) is 0 Å². The molecule has 1 aromatic carbocycles. The third-order valence-electron chi connectivity index (χ3n) is 6.88. The van der Waals surface area contributed by atoms with Gasteiger partial charge in [0.15, 0.2) is 0 Å². The van der Waals surface area contributed by atoms with Crippen molar-refractivity contribution >= 4 is 17.5 Å². The molecule has 23 heavy (non-hydrogen) atoms. The third-order valence-corrected chi connectivity index (χ3v) is 7.19. The lowest BCUT2D eigenvalue weighted by atomic mass is 9.75. The van der Waals surface area contributed by atoms with Crippen LogP contribution < -0.4 is 0 Å². The number of nitrogens with zero attached hydrogens (tertiary/aromatic N) is 1. The summed E-state index contributed by atoms with van der Waals surface area (Å²) in [6.45, 7) is 1.94. The average molecular weight is 334 g/mol. The van der Waals surface area contributed by atoms with Gasteiger partial charge in [-0.2, -0.15) is 0 Å². The van der Waals surface area contributed by atoms with E-state index in [1.165, 1.54) is 0 Å². The van der Waals surface area contributed by atoms with E-state index in [0.717, 1.165) is 18.4 Å². The van der Waals surface area contributed by atoms with E-state index in [2.05, 4.69) is 0 Å². The van der Waals surface area contributed by atoms with Gasteiger partial charge in [-0.25, -0.2) is 0 Å². The number of rotatable bonds is 1. The first kappa shape index (κ1) is 14.3. The van der Waals surface area contributed by atoms with Gasteiger partial charge >= 0.3 is 0 Å². The standard InChI is InChI=1S/C18H20ClNO3/c1-7-2-3-8(12(19)4-7)18(23)20-13-6-9-10-5-11(14(9)17(13)22)15(20)16(10)21/h2-4,9-11,13-17,21-22H,5-6H2,1H3/t9-,10-,11+,13+,14+,15-,16-,17-/m1/s1. The second-order valence-corrected chi connectivity index (χ2v) is 8.18. The van der Waals surface area contributed by atoms with Crippen molar-refractivity contribution in [3.8, 4) is 0 Å². The highest BCUT2D eigenvalue weighted by atomic mass is 35.5. The molecule has 3 saturated carbocycles. The van der Waals surface area contributed by atoms with Gasteiger partial charge in [0.05, 0.1) is 34.9 Å². The molecule has 0 aromatic heterocycles. The molecule has 4 aliphatic rings. The second-order valence-electron chi connectivity index (χ2n) is 7.78. The Hall–Kier alpha value is -1.10. The molecule has 8 atom stereocenters. The molecule has 1 aliphatic heterocycles. The van der Waals surface area contributed by atoms with Crippen molar-refractivity contribution in [2.45, 2.75) is 44.1 Å². The molecule has 2 N–H and O–H groups in total. The van der Waals surface area contributed by atoms with Crippen LogP contribution >= 0.6 is 11.6 Å². The molecular formula is C18H20ClNO3. The zero-order valence-corrected chi connectivity index (χ0v) is 13.6. The second kappa shape index (κ2) is 4.50. The topological polar surface area (TPSA) is 60.8 Å². The predicted octanol–water partition coefficient (Wildman–Crippen LogP) is 1.85. The Bertz CT molecular complexity index is 708. The summed E-state index contributed by atoms with van der Waals surface area (Å²) < 4.78 is 0. The molecule has 5 rings (SSSR count). The summed E-state index contributed by atoms with van der Waals surface area (Å²) in [6, 6.07) is 5.11. The van der Waals surface area contributed by atoms with Crippen molar-refractivity contribution in [3.05, 3.63) is 34.3 Å². The van der Waals surface area contributed by atoms with Gasteiger partial charge in [0.2, 0.25) is 0 Å². The lowest BCUT2D eigenvalue weighted by Gasteiger charge is -2.48. The lowest BCUT2D eigenvalue weighted by molar-refractivity contribution is -0.0836. The SMILES string of the molecule is Cc1ccc(C(=O)N2[C@H]3[C@H](O)[C@@H]4C[C@H]3[C@H]3[C@H](O)[C@@H]2C[C@H]43)c(Cl)c1. The van der Waals surface area contributed by atoms with Crippen LogP contribution in [0.2, 0.25) is 5.02 Å². The Morgan fingerprint density at radius 3 is 2.70 bits per heavy atom. The molecule has 0 unspecified atom stereocenters. The number of aliphatic hydroxyl groups is 2. The van der Waals surface area contributed by atoms with E-state index in [1.54, 1.807) is 17.0 Å². The average Bonchev–Trinajstić information content (AvgIpc) is 3.05. The summed E-state index contributed by atoms with van der Waals surface area (Å²) in [7, 11) is 0. The van der Waals surface area contributed by atoms with E-state index in [9.17, 15) is 15.0 Å². The van der Waals surface area contributed by atoms with Crippen LogP contribution in [0.4, 0.5) is 0 Å². The maximum absolute atomic E-state index is 13.2. The Balaban J connectivity index is 1.58. The van der Waals surface area contributed by atoms with Gasteiger partial charge in [-0.3, -0.25) is 4.79 Å². The molecule has 1 saturated heterocycles. The van der Waals surface area contributed by atoms with Crippen molar-refractivity contribution in [2.75, 3.05) is 0 Å². The molecule has 3 aliphatic carbocycles. The number of likely N-dealkylation sites (tertiary alicyclic amines) is 1. The van der Waals surface area contributed by atoms with Crippen molar-refractivity contribution in [1.82, 2.24) is 4.90 Å². The molecule has 0 radical (unpaired) electrons. The number of hydrogen-bond donors (Lipinski definition) is 2. The number of piperidine rings is 1. The lowest BCUT2D eigenvalue weighted by Crippen LogP contribution is -2.62. The minimum atomic E-state index is -0.452. The molecule has 122 valence electrons. The summed E-state index contributed by atoms with van der Waals surface area (Å²) in [4.78, 5) is 15.0. The number of amides is 1. The summed E-state index contributed by atoms with van der Waals surface area (Å²) in [5.41, 5.74) is 1.48. The van der Waals surface area contributed by atoms with Crippen LogP contribution in [0.25, 0.3) is 0 Å². The van der Waals surface area contributed by atoms with E-state index in [0.29, 0.717) is 16.5 Å². The molecule has 4 bridgehead atoms. The van der Waals surface area contributed by atoms with Gasteiger partial charge in [-0.05, 0) is 61.1 Å². The van der Waals surface area contributed by atoms with Gasteiger partial charge in [0.1, 0.15) is 0 Å². The minimum Gasteiger partial charge on any atom is -0.391 e. The third kappa shape index (κ3) is 1.62. The molecule has 0 spiro atoms. The number of aliphatic hydroxyl groups excluding tert-OH is 2. The highest BCUT2D eigenvalue weighted by Gasteiger charge is 2.70. The van der Waals surface area contributed by atoms with Crippen molar-refractivity contribution in [2.24, 2.45) is 23.7 Å². The first-order chi connectivity index (χ1) is 11.0. The van der Waals surface area contributed by atoms with Crippen molar-refractivity contribution < 1.29 is 15.0 Å². The summed E-state index contributed by atoms with van der Waals surface area (Å²) in [6.07, 6.45) is 0.852. The van der Waals surface area contributed by atoms with E-state index >= 15 is 0 Å². The largest absolute Gasteiger partial charge is 0.391 e. The maximum Gasteiger partial charge on any atom is 0.256 e. The molecule has 1 heterocycles. The normalized spacial score (nSPS) is 46.0. The van der Waals surface area contributed by atoms with E-state index in [1.807, 2.05) is 13.0 Å². The number of hydrogen-bond acceptors (Lipinski definition) is 3. The van der Waals surface area contributed by atoms with E-state index in [4.69, 9.17) is 11.6 Å². The van der Waals surface area contributed by atoms with E-state index in [-0.39, 0.29) is 35.7 Å². The fraction of sp³-hybridized carbons (Fsp3) is 0.611. The molecule has 5 heteroatoms. The summed E-state index contributed by atoms with van der Waals surface area (Å²) in [5.74, 6) is 0.992. The van der Waals surface area contributed by atoms with Gasteiger partial charge in [0, 0.05) is 0 Å². The molecular weight excluding hydrogens is 314 g/mol. The van der Waals surface area contributed by atoms with Gasteiger partial charge in [-0.1, -0.05) is 17.7 Å². The summed E-state index contributed by atoms with van der Waals surface area (Å²) in [5, 5.41) is 21.8. The number of carbonyl (C=O) groups excluding carboxylic acids is 1. The van der Waals surface area contributed by atoms with Gasteiger partial charge < -0.3 is 15.1 Å². The zero-order valence-electron chi connectivity index (χ0n) is 12.9. The Labute approximate surface area is 140 Å². The smallest absolute Gasteiger partial charge is 0.256 e. The number of fused-ring (bicyclic) bond motifs is 3. The van der Waals surface area contributed by atoms with Crippen molar-refractivity contribution in [3.63, 3.8) is 0 Å². The first-order valence-electron chi connectivity index (χ1n) is 8.44. The van der Waals surface area contributed by atoms with Crippen LogP contribution in [0.15, 0.2) is 18.2 Å². The maximum atomic E-state index is 13.2. The fourth-order valence-corrected chi connectivity index (χ4v) is 6.43. The highest BCUT2D eigenvalue weighted by molar-refractivity contribution is 6.33. The van der Waals surface area contributed by atoms with Crippen LogP contribution in [0.5, 0.6) is 0 Å². The number of aryl methyl sites for hydroxylation is 1. The quantitative estimate of drug-likeness (QED) is 0.824. The Kier molecular flexibility index (Phi) is 2.79. The number of benzene rings is 1. The summed E-state index contributed by atoms with van der Waals surface area (Å²) >= 11 is 6.29. The number of carbonyl (C=O) groups is 1. The molecule has 4 fully saturated rings. The van der Waals surface area contributed by atoms with Crippen LogP contribution in [0.3, 0.4) is 0 Å². The fourth-order valence-electron chi connectivity index (χ4n) is 6.12. The van der Waals surface area contributed by atoms with Crippen LogP contribution in [-0.2, 0) is 0 Å². The molecule has 1 aromatic rings. The zero-order chi connectivity index (χ0) is 16.0.